The number of carbonyl (C=O) groups excluding carboxylic acids is 1. The molecule has 0 unspecified atom stereocenters. The number of benzene rings is 1. The number of nitrogens with two attached hydrogens (primary N) is 1. The highest BCUT2D eigenvalue weighted by molar-refractivity contribution is 6.07. The largest absolute Gasteiger partial charge is 0.622 e. The van der Waals surface area contributed by atoms with Crippen LogP contribution in [0.3, 0.4) is 0 Å². The molecule has 1 spiro atoms. The minimum atomic E-state index is -1.34. The summed E-state index contributed by atoms with van der Waals surface area (Å²) in [5.74, 6) is 0. The molecule has 1 aromatic carbocycles. The van der Waals surface area contributed by atoms with E-state index in [0.29, 0.717) is 24.3 Å². The number of hydrogen-bond donors (Lipinski definition) is 3. The summed E-state index contributed by atoms with van der Waals surface area (Å²) in [6, 6.07) is 8.46. The molecule has 0 radical (unpaired) electrons. The molecule has 0 saturated heterocycles. The Morgan fingerprint density at radius 1 is 1.36 bits per heavy atom. The SMILES string of the molecule is CC1(C)C(c2ccccc2)=[N+]([O-])[C@]2(CCCCC2=NNC(N)=O)N1O. The van der Waals surface area contributed by atoms with Crippen LogP contribution in [0.5, 0.6) is 0 Å². The van der Waals surface area contributed by atoms with Crippen molar-refractivity contribution in [2.24, 2.45) is 10.8 Å². The van der Waals surface area contributed by atoms with Gasteiger partial charge in [-0.05, 0) is 45.2 Å². The molecular formula is C17H23N5O3. The maximum absolute atomic E-state index is 13.4. The molecule has 1 aliphatic carbocycles. The predicted molar refractivity (Wildman–Crippen MR) is 93.2 cm³/mol. The standard InChI is InChI=1S/C17H23N5O3/c1-16(2)14(12-8-4-3-5-9-12)21(24)17(22(16)25)11-7-6-10-13(17)19-20-15(18)23/h3-5,8-9,25H,6-7,10-11H2,1-2H3,(H3,18,20,23)/t17-/m1/s1. The van der Waals surface area contributed by atoms with Gasteiger partial charge in [-0.2, -0.15) is 9.84 Å². The fraction of sp³-hybridized carbons (Fsp3) is 0.471. The van der Waals surface area contributed by atoms with Gasteiger partial charge in [0.1, 0.15) is 11.3 Å². The molecule has 2 aliphatic rings. The molecule has 134 valence electrons. The van der Waals surface area contributed by atoms with E-state index in [9.17, 15) is 15.2 Å². The lowest BCUT2D eigenvalue weighted by molar-refractivity contribution is -0.568. The lowest BCUT2D eigenvalue weighted by atomic mass is 9.86. The van der Waals surface area contributed by atoms with Gasteiger partial charge in [-0.25, -0.2) is 10.2 Å². The van der Waals surface area contributed by atoms with Crippen molar-refractivity contribution < 1.29 is 14.7 Å². The summed E-state index contributed by atoms with van der Waals surface area (Å²) in [5, 5.41) is 29.6. The molecule has 3 rings (SSSR count). The molecule has 8 heteroatoms. The average Bonchev–Trinajstić information content (AvgIpc) is 2.73. The summed E-state index contributed by atoms with van der Waals surface area (Å²) in [6.07, 6.45) is 2.49. The first-order chi connectivity index (χ1) is 11.8. The van der Waals surface area contributed by atoms with E-state index >= 15 is 0 Å². The summed E-state index contributed by atoms with van der Waals surface area (Å²) in [7, 11) is 0. The van der Waals surface area contributed by atoms with E-state index in [0.717, 1.165) is 28.2 Å². The second-order valence-electron chi connectivity index (χ2n) is 6.94. The topological polar surface area (TPSA) is 117 Å². The maximum Gasteiger partial charge on any atom is 0.332 e. The molecule has 1 aliphatic heterocycles. The third-order valence-electron chi connectivity index (χ3n) is 5.00. The first-order valence-electron chi connectivity index (χ1n) is 8.33. The number of hydrogen-bond acceptors (Lipinski definition) is 5. The van der Waals surface area contributed by atoms with Crippen molar-refractivity contribution in [3.05, 3.63) is 41.1 Å². The molecule has 4 N–H and O–H groups in total. The van der Waals surface area contributed by atoms with Crippen LogP contribution in [0.4, 0.5) is 4.79 Å². The molecule has 1 aromatic rings. The van der Waals surface area contributed by atoms with E-state index in [1.54, 1.807) is 13.8 Å². The van der Waals surface area contributed by atoms with E-state index in [2.05, 4.69) is 10.5 Å². The number of hydrazone groups is 1. The molecule has 1 saturated carbocycles. The van der Waals surface area contributed by atoms with Crippen LogP contribution in [0, 0.1) is 5.21 Å². The highest BCUT2D eigenvalue weighted by Gasteiger charge is 2.65. The monoisotopic (exact) mass is 345 g/mol. The molecule has 2 amide bonds. The zero-order valence-corrected chi connectivity index (χ0v) is 14.4. The number of rotatable bonds is 2. The Morgan fingerprint density at radius 2 is 2.04 bits per heavy atom. The highest BCUT2D eigenvalue weighted by atomic mass is 16.6. The number of primary amides is 1. The minimum Gasteiger partial charge on any atom is -0.622 e. The first-order valence-corrected chi connectivity index (χ1v) is 8.33. The minimum absolute atomic E-state index is 0.409. The molecule has 1 atom stereocenters. The van der Waals surface area contributed by atoms with Crippen molar-refractivity contribution >= 4 is 17.5 Å². The number of amides is 2. The third kappa shape index (κ3) is 2.58. The lowest BCUT2D eigenvalue weighted by Crippen LogP contribution is -2.61. The molecular weight excluding hydrogens is 322 g/mol. The Balaban J connectivity index is 2.18. The summed E-state index contributed by atoms with van der Waals surface area (Å²) in [4.78, 5) is 11.1. The Labute approximate surface area is 146 Å². The van der Waals surface area contributed by atoms with Gasteiger partial charge in [0, 0.05) is 12.0 Å². The zero-order chi connectivity index (χ0) is 18.2. The van der Waals surface area contributed by atoms with Gasteiger partial charge in [0.05, 0.1) is 0 Å². The van der Waals surface area contributed by atoms with E-state index in [-0.39, 0.29) is 0 Å². The quantitative estimate of drug-likeness (QED) is 0.430. The van der Waals surface area contributed by atoms with E-state index in [1.165, 1.54) is 0 Å². The van der Waals surface area contributed by atoms with Crippen molar-refractivity contribution in [3.8, 4) is 0 Å². The number of urea groups is 1. The average molecular weight is 345 g/mol. The van der Waals surface area contributed by atoms with Crippen LogP contribution in [0.2, 0.25) is 0 Å². The Hall–Kier alpha value is -2.45. The molecule has 8 nitrogen and oxygen atoms in total. The first kappa shape index (κ1) is 17.4. The van der Waals surface area contributed by atoms with Crippen LogP contribution in [0.15, 0.2) is 35.4 Å². The van der Waals surface area contributed by atoms with Crippen molar-refractivity contribution in [1.29, 1.82) is 0 Å². The second kappa shape index (κ2) is 6.12. The zero-order valence-electron chi connectivity index (χ0n) is 14.4. The van der Waals surface area contributed by atoms with Crippen LogP contribution in [-0.2, 0) is 0 Å². The van der Waals surface area contributed by atoms with Crippen LogP contribution in [0.1, 0.15) is 45.1 Å². The van der Waals surface area contributed by atoms with Gasteiger partial charge in [0.2, 0.25) is 5.71 Å². The van der Waals surface area contributed by atoms with Crippen molar-refractivity contribution in [2.45, 2.75) is 50.7 Å². The fourth-order valence-electron chi connectivity index (χ4n) is 3.87. The van der Waals surface area contributed by atoms with Crippen LogP contribution < -0.4 is 11.2 Å². The Morgan fingerprint density at radius 3 is 2.68 bits per heavy atom. The van der Waals surface area contributed by atoms with Gasteiger partial charge in [0.25, 0.3) is 5.66 Å². The third-order valence-corrected chi connectivity index (χ3v) is 5.00. The second-order valence-corrected chi connectivity index (χ2v) is 6.94. The molecule has 1 fully saturated rings. The molecule has 0 bridgehead atoms. The van der Waals surface area contributed by atoms with E-state index in [4.69, 9.17) is 5.73 Å². The number of carbonyl (C=O) groups is 1. The van der Waals surface area contributed by atoms with Gasteiger partial charge in [-0.15, -0.1) is 5.06 Å². The van der Waals surface area contributed by atoms with Gasteiger partial charge in [-0.1, -0.05) is 18.2 Å². The van der Waals surface area contributed by atoms with Gasteiger partial charge < -0.3 is 16.1 Å². The number of hydroxylamine groups is 3. The smallest absolute Gasteiger partial charge is 0.332 e. The summed E-state index contributed by atoms with van der Waals surface area (Å²) in [5.41, 5.74) is 6.67. The fourth-order valence-corrected chi connectivity index (χ4v) is 3.87. The number of nitrogens with one attached hydrogen (secondary N) is 1. The van der Waals surface area contributed by atoms with Crippen LogP contribution >= 0.6 is 0 Å². The lowest BCUT2D eigenvalue weighted by Gasteiger charge is -2.38. The van der Waals surface area contributed by atoms with Crippen LogP contribution in [-0.4, -0.2) is 43.7 Å². The van der Waals surface area contributed by atoms with Crippen LogP contribution in [0.25, 0.3) is 0 Å². The summed E-state index contributed by atoms with van der Waals surface area (Å²) < 4.78 is 0.850. The van der Waals surface area contributed by atoms with Crippen molar-refractivity contribution in [3.63, 3.8) is 0 Å². The highest BCUT2D eigenvalue weighted by Crippen LogP contribution is 2.42. The number of nitrogens with zero attached hydrogens (tertiary/aromatic N) is 3. The van der Waals surface area contributed by atoms with E-state index < -0.39 is 17.2 Å². The van der Waals surface area contributed by atoms with Gasteiger partial charge >= 0.3 is 6.03 Å². The molecule has 1 heterocycles. The maximum atomic E-state index is 13.4. The van der Waals surface area contributed by atoms with Gasteiger partial charge in [-0.3, -0.25) is 0 Å². The molecule has 0 aromatic heterocycles. The Kier molecular flexibility index (Phi) is 4.26. The summed E-state index contributed by atoms with van der Waals surface area (Å²) in [6.45, 7) is 3.59. The normalized spacial score (nSPS) is 27.9. The van der Waals surface area contributed by atoms with Gasteiger partial charge in [0.15, 0.2) is 0 Å². The Bertz CT molecular complexity index is 744. The summed E-state index contributed by atoms with van der Waals surface area (Å²) >= 11 is 0. The van der Waals surface area contributed by atoms with Crippen molar-refractivity contribution in [2.75, 3.05) is 0 Å². The van der Waals surface area contributed by atoms with Crippen molar-refractivity contribution in [1.82, 2.24) is 10.5 Å². The molecule has 25 heavy (non-hydrogen) atoms. The predicted octanol–water partition coefficient (Wildman–Crippen LogP) is 1.76. The van der Waals surface area contributed by atoms with E-state index in [1.807, 2.05) is 30.3 Å².